The van der Waals surface area contributed by atoms with Crippen molar-refractivity contribution in [2.45, 2.75) is 6.54 Å². The summed E-state index contributed by atoms with van der Waals surface area (Å²) in [6, 6.07) is 18.5. The van der Waals surface area contributed by atoms with Crippen LogP contribution in [0.4, 0.5) is 5.13 Å². The van der Waals surface area contributed by atoms with Gasteiger partial charge in [0.2, 0.25) is 0 Å². The van der Waals surface area contributed by atoms with E-state index >= 15 is 0 Å². The van der Waals surface area contributed by atoms with Gasteiger partial charge in [0.25, 0.3) is 5.91 Å². The van der Waals surface area contributed by atoms with Gasteiger partial charge in [-0.25, -0.2) is 4.98 Å². The lowest BCUT2D eigenvalue weighted by atomic mass is 10.2. The van der Waals surface area contributed by atoms with Crippen LogP contribution in [0.25, 0.3) is 21.2 Å². The Labute approximate surface area is 187 Å². The second kappa shape index (κ2) is 8.32. The largest absolute Gasteiger partial charge is 0.497 e. The van der Waals surface area contributed by atoms with Gasteiger partial charge in [-0.05, 0) is 42.5 Å². The van der Waals surface area contributed by atoms with Crippen LogP contribution in [0.5, 0.6) is 11.5 Å². The summed E-state index contributed by atoms with van der Waals surface area (Å²) in [5, 5.41) is 1.34. The molecule has 0 aliphatic heterocycles. The molecule has 5 aromatic rings. The Hall–Kier alpha value is -3.91. The molecule has 0 unspecified atom stereocenters. The van der Waals surface area contributed by atoms with Crippen molar-refractivity contribution in [2.24, 2.45) is 0 Å². The third-order valence-electron chi connectivity index (χ3n) is 5.05. The number of nitrogens with zero attached hydrogens (tertiary/aromatic N) is 3. The number of hydrogen-bond donors (Lipinski definition) is 0. The number of methoxy groups -OCH3 is 2. The van der Waals surface area contributed by atoms with Gasteiger partial charge >= 0.3 is 0 Å². The number of benzene rings is 2. The highest BCUT2D eigenvalue weighted by molar-refractivity contribution is 7.22. The Morgan fingerprint density at radius 3 is 2.75 bits per heavy atom. The first-order chi connectivity index (χ1) is 15.7. The van der Waals surface area contributed by atoms with Gasteiger partial charge in [0.1, 0.15) is 5.75 Å². The molecule has 0 spiro atoms. The lowest BCUT2D eigenvalue weighted by molar-refractivity contribution is 0.0960. The third-order valence-corrected chi connectivity index (χ3v) is 6.09. The van der Waals surface area contributed by atoms with E-state index in [2.05, 4.69) is 4.98 Å². The minimum absolute atomic E-state index is 0.206. The molecule has 3 aromatic heterocycles. The van der Waals surface area contributed by atoms with E-state index in [1.54, 1.807) is 37.4 Å². The number of carbonyl (C=O) groups excluding carboxylic acids is 1. The number of anilines is 1. The Balaban J connectivity index is 1.59. The van der Waals surface area contributed by atoms with Gasteiger partial charge in [0.15, 0.2) is 22.2 Å². The fraction of sp³-hybridized carbons (Fsp3) is 0.125. The number of amides is 1. The van der Waals surface area contributed by atoms with E-state index in [9.17, 15) is 4.79 Å². The molecule has 0 N–H and O–H groups in total. The molecule has 0 radical (unpaired) electrons. The minimum atomic E-state index is -0.306. The van der Waals surface area contributed by atoms with Crippen molar-refractivity contribution in [3.63, 3.8) is 0 Å². The summed E-state index contributed by atoms with van der Waals surface area (Å²) >= 11 is 1.41. The molecular weight excluding hydrogens is 426 g/mol. The van der Waals surface area contributed by atoms with Gasteiger partial charge < -0.3 is 13.9 Å². The van der Waals surface area contributed by atoms with Gasteiger partial charge in [-0.2, -0.15) is 0 Å². The Bertz CT molecular complexity index is 1410. The lowest BCUT2D eigenvalue weighted by Gasteiger charge is -2.18. The molecular formula is C24H19N3O4S. The summed E-state index contributed by atoms with van der Waals surface area (Å²) in [5.41, 5.74) is 2.06. The fourth-order valence-electron chi connectivity index (χ4n) is 3.45. The molecule has 32 heavy (non-hydrogen) atoms. The van der Waals surface area contributed by atoms with Crippen LogP contribution >= 0.6 is 11.3 Å². The Morgan fingerprint density at radius 1 is 1.06 bits per heavy atom. The SMILES string of the molecule is COc1ccc2nc(N(Cc3ccccn3)C(=O)c3cc4cccc(OC)c4o3)sc2c1. The van der Waals surface area contributed by atoms with Crippen LogP contribution in [0.1, 0.15) is 16.2 Å². The summed E-state index contributed by atoms with van der Waals surface area (Å²) in [7, 11) is 3.19. The number of carbonyl (C=O) groups is 1. The standard InChI is InChI=1S/C24H19N3O4S/c1-29-17-9-10-18-21(13-17)32-24(26-18)27(14-16-7-3-4-11-25-16)23(28)20-12-15-6-5-8-19(30-2)22(15)31-20/h3-13H,14H2,1-2H3. The number of rotatable bonds is 6. The average Bonchev–Trinajstić information content (AvgIpc) is 3.46. The van der Waals surface area contributed by atoms with Crippen LogP contribution < -0.4 is 14.4 Å². The Kier molecular flexibility index (Phi) is 5.20. The first kappa shape index (κ1) is 20.0. The van der Waals surface area contributed by atoms with E-state index < -0.39 is 0 Å². The quantitative estimate of drug-likeness (QED) is 0.353. The summed E-state index contributed by atoms with van der Waals surface area (Å²) in [6.07, 6.45) is 1.70. The predicted octanol–water partition coefficient (Wildman–Crippen LogP) is 5.30. The number of pyridine rings is 1. The van der Waals surface area contributed by atoms with Gasteiger partial charge in [-0.3, -0.25) is 14.7 Å². The zero-order valence-electron chi connectivity index (χ0n) is 17.4. The number of thiazole rings is 1. The zero-order chi connectivity index (χ0) is 22.1. The zero-order valence-corrected chi connectivity index (χ0v) is 18.3. The highest BCUT2D eigenvalue weighted by Crippen LogP contribution is 2.34. The lowest BCUT2D eigenvalue weighted by Crippen LogP contribution is -2.30. The van der Waals surface area contributed by atoms with Gasteiger partial charge in [-0.1, -0.05) is 29.5 Å². The van der Waals surface area contributed by atoms with Crippen LogP contribution in [0.2, 0.25) is 0 Å². The second-order valence-corrected chi connectivity index (χ2v) is 8.04. The van der Waals surface area contributed by atoms with Crippen molar-refractivity contribution in [1.29, 1.82) is 0 Å². The van der Waals surface area contributed by atoms with E-state index in [4.69, 9.17) is 18.9 Å². The molecule has 0 saturated carbocycles. The van der Waals surface area contributed by atoms with Crippen molar-refractivity contribution in [3.05, 3.63) is 78.3 Å². The van der Waals surface area contributed by atoms with Gasteiger partial charge in [0.05, 0.1) is 36.7 Å². The topological polar surface area (TPSA) is 77.7 Å². The number of furan rings is 1. The summed E-state index contributed by atoms with van der Waals surface area (Å²) in [4.78, 5) is 24.3. The van der Waals surface area contributed by atoms with Crippen molar-refractivity contribution in [1.82, 2.24) is 9.97 Å². The van der Waals surface area contributed by atoms with E-state index in [0.717, 1.165) is 27.0 Å². The molecule has 0 saturated heterocycles. The number of fused-ring (bicyclic) bond motifs is 2. The molecule has 0 aliphatic rings. The van der Waals surface area contributed by atoms with Crippen molar-refractivity contribution in [3.8, 4) is 11.5 Å². The molecule has 0 atom stereocenters. The number of hydrogen-bond acceptors (Lipinski definition) is 7. The molecule has 5 rings (SSSR count). The van der Waals surface area contributed by atoms with Crippen LogP contribution in [0, 0.1) is 0 Å². The number of para-hydroxylation sites is 1. The van der Waals surface area contributed by atoms with Crippen LogP contribution in [-0.2, 0) is 6.54 Å². The molecule has 160 valence electrons. The highest BCUT2D eigenvalue weighted by atomic mass is 32.1. The molecule has 7 nitrogen and oxygen atoms in total. The Morgan fingerprint density at radius 2 is 1.97 bits per heavy atom. The maximum atomic E-state index is 13.6. The monoisotopic (exact) mass is 445 g/mol. The molecule has 2 aromatic carbocycles. The second-order valence-electron chi connectivity index (χ2n) is 7.03. The van der Waals surface area contributed by atoms with E-state index in [1.165, 1.54) is 11.3 Å². The van der Waals surface area contributed by atoms with E-state index in [-0.39, 0.29) is 18.2 Å². The molecule has 0 aliphatic carbocycles. The molecule has 0 bridgehead atoms. The van der Waals surface area contributed by atoms with Gasteiger partial charge in [0, 0.05) is 11.6 Å². The first-order valence-corrected chi connectivity index (χ1v) is 10.7. The molecule has 3 heterocycles. The maximum absolute atomic E-state index is 13.6. The molecule has 0 fully saturated rings. The van der Waals surface area contributed by atoms with Crippen LogP contribution in [0.15, 0.2) is 71.3 Å². The predicted molar refractivity (Wildman–Crippen MR) is 124 cm³/mol. The van der Waals surface area contributed by atoms with Gasteiger partial charge in [-0.15, -0.1) is 0 Å². The number of ether oxygens (including phenoxy) is 2. The van der Waals surface area contributed by atoms with Crippen molar-refractivity contribution < 1.29 is 18.7 Å². The number of aromatic nitrogens is 2. The average molecular weight is 446 g/mol. The fourth-order valence-corrected chi connectivity index (χ4v) is 4.44. The first-order valence-electron chi connectivity index (χ1n) is 9.89. The third kappa shape index (κ3) is 3.65. The van der Waals surface area contributed by atoms with Crippen LogP contribution in [-0.4, -0.2) is 30.1 Å². The van der Waals surface area contributed by atoms with Crippen molar-refractivity contribution >= 4 is 43.6 Å². The minimum Gasteiger partial charge on any atom is -0.497 e. The van der Waals surface area contributed by atoms with E-state index in [1.807, 2.05) is 48.5 Å². The smallest absolute Gasteiger partial charge is 0.296 e. The maximum Gasteiger partial charge on any atom is 0.296 e. The summed E-state index contributed by atoms with van der Waals surface area (Å²) in [5.74, 6) is 1.21. The molecule has 1 amide bonds. The highest BCUT2D eigenvalue weighted by Gasteiger charge is 2.26. The van der Waals surface area contributed by atoms with Crippen LogP contribution in [0.3, 0.4) is 0 Å². The summed E-state index contributed by atoms with van der Waals surface area (Å²) < 4.78 is 17.5. The summed E-state index contributed by atoms with van der Waals surface area (Å²) in [6.45, 7) is 0.255. The molecule has 8 heteroatoms. The normalized spacial score (nSPS) is 11.1. The van der Waals surface area contributed by atoms with Crippen molar-refractivity contribution in [2.75, 3.05) is 19.1 Å². The van der Waals surface area contributed by atoms with E-state index in [0.29, 0.717) is 16.5 Å².